The number of fused-ring (bicyclic) bond motifs is 1. The molecule has 0 saturated heterocycles. The zero-order chi connectivity index (χ0) is 15.8. The van der Waals surface area contributed by atoms with Crippen molar-refractivity contribution in [3.8, 4) is 16.5 Å². The van der Waals surface area contributed by atoms with Gasteiger partial charge in [0.25, 0.3) is 0 Å². The topological polar surface area (TPSA) is 45.5 Å². The molecule has 112 valence electrons. The minimum absolute atomic E-state index is 0.0656. The average molecular weight is 318 g/mol. The molecule has 0 spiro atoms. The highest BCUT2D eigenvalue weighted by Crippen LogP contribution is 2.37. The van der Waals surface area contributed by atoms with Crippen LogP contribution < -0.4 is 0 Å². The van der Waals surface area contributed by atoms with Crippen LogP contribution in [0.4, 0.5) is 5.69 Å². The van der Waals surface area contributed by atoms with E-state index in [1.165, 1.54) is 16.9 Å². The fraction of sp³-hybridized carbons (Fsp3) is 0.0526. The predicted molar refractivity (Wildman–Crippen MR) is 96.4 cm³/mol. The summed E-state index contributed by atoms with van der Waals surface area (Å²) >= 11 is 1.48. The van der Waals surface area contributed by atoms with E-state index >= 15 is 0 Å². The molecule has 1 N–H and O–H groups in total. The Morgan fingerprint density at radius 1 is 1.04 bits per heavy atom. The molecule has 1 aliphatic heterocycles. The number of aromatic hydroxyl groups is 1. The summed E-state index contributed by atoms with van der Waals surface area (Å²) in [5.41, 5.74) is 5.25. The van der Waals surface area contributed by atoms with Gasteiger partial charge < -0.3 is 5.11 Å². The Hall–Kier alpha value is -2.72. The van der Waals surface area contributed by atoms with Crippen molar-refractivity contribution in [2.24, 2.45) is 4.99 Å². The highest BCUT2D eigenvalue weighted by atomic mass is 32.1. The van der Waals surface area contributed by atoms with Gasteiger partial charge in [0.2, 0.25) is 5.88 Å². The Kier molecular flexibility index (Phi) is 3.32. The van der Waals surface area contributed by atoms with E-state index in [2.05, 4.69) is 16.9 Å². The first-order valence-corrected chi connectivity index (χ1v) is 8.14. The van der Waals surface area contributed by atoms with Crippen molar-refractivity contribution in [1.82, 2.24) is 4.98 Å². The average Bonchev–Trinajstić information content (AvgIpc) is 3.13. The van der Waals surface area contributed by atoms with E-state index in [4.69, 9.17) is 0 Å². The fourth-order valence-electron chi connectivity index (χ4n) is 2.53. The van der Waals surface area contributed by atoms with E-state index in [-0.39, 0.29) is 5.88 Å². The second kappa shape index (κ2) is 5.48. The van der Waals surface area contributed by atoms with E-state index in [0.29, 0.717) is 0 Å². The van der Waals surface area contributed by atoms with Crippen molar-refractivity contribution in [2.45, 2.75) is 6.92 Å². The van der Waals surface area contributed by atoms with Gasteiger partial charge in [-0.1, -0.05) is 48.0 Å². The quantitative estimate of drug-likeness (QED) is 0.716. The normalized spacial score (nSPS) is 14.4. The van der Waals surface area contributed by atoms with Gasteiger partial charge in [0.05, 0.1) is 10.6 Å². The van der Waals surface area contributed by atoms with Crippen molar-refractivity contribution in [2.75, 3.05) is 0 Å². The van der Waals surface area contributed by atoms with Crippen molar-refractivity contribution in [1.29, 1.82) is 0 Å². The lowest BCUT2D eigenvalue weighted by atomic mass is 10.1. The maximum absolute atomic E-state index is 10.2. The molecule has 2 heterocycles. The maximum Gasteiger partial charge on any atom is 0.230 e. The molecular formula is C19H14N2OS. The summed E-state index contributed by atoms with van der Waals surface area (Å²) in [7, 11) is 0. The molecule has 0 fully saturated rings. The zero-order valence-corrected chi connectivity index (χ0v) is 13.3. The van der Waals surface area contributed by atoms with Gasteiger partial charge in [0.15, 0.2) is 0 Å². The predicted octanol–water partition coefficient (Wildman–Crippen LogP) is 5.08. The summed E-state index contributed by atoms with van der Waals surface area (Å²) in [5.74, 6) is 0.0656. The number of thiazole rings is 1. The minimum atomic E-state index is 0.0656. The van der Waals surface area contributed by atoms with Crippen LogP contribution in [0.15, 0.2) is 53.5 Å². The third-order valence-corrected chi connectivity index (χ3v) is 4.82. The number of nitrogens with zero attached hydrogens (tertiary/aromatic N) is 2. The SMILES string of the molecule is Cc1ccc(-c2nc(O)c(/C=C3\C=Nc4ccccc43)s2)cc1. The first kappa shape index (κ1) is 13.9. The van der Waals surface area contributed by atoms with Gasteiger partial charge >= 0.3 is 0 Å². The second-order valence-electron chi connectivity index (χ2n) is 5.45. The Morgan fingerprint density at radius 3 is 2.65 bits per heavy atom. The van der Waals surface area contributed by atoms with E-state index in [0.717, 1.165) is 32.3 Å². The van der Waals surface area contributed by atoms with Crippen LogP contribution in [0.5, 0.6) is 5.88 Å². The van der Waals surface area contributed by atoms with Crippen LogP contribution >= 0.6 is 11.3 Å². The molecule has 3 aromatic rings. The maximum atomic E-state index is 10.2. The molecule has 0 bridgehead atoms. The third-order valence-electron chi connectivity index (χ3n) is 3.78. The van der Waals surface area contributed by atoms with Crippen LogP contribution in [-0.2, 0) is 0 Å². The highest BCUT2D eigenvalue weighted by molar-refractivity contribution is 7.16. The van der Waals surface area contributed by atoms with Crippen LogP contribution in [-0.4, -0.2) is 16.3 Å². The summed E-state index contributed by atoms with van der Waals surface area (Å²) in [4.78, 5) is 9.43. The molecule has 23 heavy (non-hydrogen) atoms. The number of para-hydroxylation sites is 1. The van der Waals surface area contributed by atoms with Crippen LogP contribution in [0, 0.1) is 6.92 Å². The van der Waals surface area contributed by atoms with E-state index < -0.39 is 0 Å². The molecule has 4 heteroatoms. The standard InChI is InChI=1S/C19H14N2OS/c1-12-6-8-13(9-7-12)19-21-18(22)17(23-19)10-14-11-20-16-5-3-2-4-15(14)16/h2-11,22H,1H3/b14-10+. The molecule has 0 aliphatic carbocycles. The van der Waals surface area contributed by atoms with Crippen molar-refractivity contribution < 1.29 is 5.11 Å². The van der Waals surface area contributed by atoms with Crippen LogP contribution in [0.2, 0.25) is 0 Å². The Balaban J connectivity index is 1.73. The van der Waals surface area contributed by atoms with Gasteiger partial charge in [-0.05, 0) is 19.1 Å². The van der Waals surface area contributed by atoms with Gasteiger partial charge in [0.1, 0.15) is 5.01 Å². The smallest absolute Gasteiger partial charge is 0.230 e. The number of hydrogen-bond donors (Lipinski definition) is 1. The minimum Gasteiger partial charge on any atom is -0.492 e. The lowest BCUT2D eigenvalue weighted by molar-refractivity contribution is 0.457. The first-order chi connectivity index (χ1) is 11.2. The van der Waals surface area contributed by atoms with Gasteiger partial charge in [-0.25, -0.2) is 4.98 Å². The highest BCUT2D eigenvalue weighted by Gasteiger charge is 2.15. The molecule has 1 aromatic heterocycles. The van der Waals surface area contributed by atoms with E-state index in [1.54, 1.807) is 0 Å². The number of allylic oxidation sites excluding steroid dienone is 1. The summed E-state index contributed by atoms with van der Waals surface area (Å²) in [6, 6.07) is 16.1. The van der Waals surface area contributed by atoms with Crippen LogP contribution in [0.1, 0.15) is 16.0 Å². The largest absolute Gasteiger partial charge is 0.492 e. The number of aromatic nitrogens is 1. The molecular weight excluding hydrogens is 304 g/mol. The summed E-state index contributed by atoms with van der Waals surface area (Å²) in [6.07, 6.45) is 3.77. The molecule has 0 atom stereocenters. The Bertz CT molecular complexity index is 936. The number of hydrogen-bond acceptors (Lipinski definition) is 4. The molecule has 3 nitrogen and oxygen atoms in total. The molecule has 0 amide bonds. The van der Waals surface area contributed by atoms with Crippen molar-refractivity contribution >= 4 is 34.9 Å². The summed E-state index contributed by atoms with van der Waals surface area (Å²) in [6.45, 7) is 2.05. The van der Waals surface area contributed by atoms with Gasteiger partial charge in [-0.2, -0.15) is 0 Å². The number of aryl methyl sites for hydroxylation is 1. The van der Waals surface area contributed by atoms with Crippen LogP contribution in [0.3, 0.4) is 0 Å². The number of aliphatic imine (C=N–C) groups is 1. The monoisotopic (exact) mass is 318 g/mol. The molecule has 0 radical (unpaired) electrons. The fourth-order valence-corrected chi connectivity index (χ4v) is 3.45. The lowest BCUT2D eigenvalue weighted by Gasteiger charge is -1.97. The number of benzene rings is 2. The van der Waals surface area contributed by atoms with Gasteiger partial charge in [0, 0.05) is 22.9 Å². The van der Waals surface area contributed by atoms with E-state index in [9.17, 15) is 5.11 Å². The molecule has 1 aliphatic rings. The van der Waals surface area contributed by atoms with Gasteiger partial charge in [-0.15, -0.1) is 11.3 Å². The van der Waals surface area contributed by atoms with E-state index in [1.807, 2.05) is 60.8 Å². The molecule has 0 unspecified atom stereocenters. The molecule has 4 rings (SSSR count). The lowest BCUT2D eigenvalue weighted by Crippen LogP contribution is -1.78. The molecule has 2 aromatic carbocycles. The van der Waals surface area contributed by atoms with Crippen molar-refractivity contribution in [3.05, 3.63) is 64.5 Å². The third kappa shape index (κ3) is 2.58. The number of rotatable bonds is 2. The Morgan fingerprint density at radius 2 is 1.83 bits per heavy atom. The van der Waals surface area contributed by atoms with Crippen molar-refractivity contribution in [3.63, 3.8) is 0 Å². The first-order valence-electron chi connectivity index (χ1n) is 7.33. The van der Waals surface area contributed by atoms with Gasteiger partial charge in [-0.3, -0.25) is 4.99 Å². The zero-order valence-electron chi connectivity index (χ0n) is 12.5. The summed E-state index contributed by atoms with van der Waals surface area (Å²) in [5, 5.41) is 11.0. The summed E-state index contributed by atoms with van der Waals surface area (Å²) < 4.78 is 0. The molecule has 0 saturated carbocycles. The Labute approximate surface area is 138 Å². The van der Waals surface area contributed by atoms with Crippen LogP contribution in [0.25, 0.3) is 22.2 Å². The second-order valence-corrected chi connectivity index (χ2v) is 6.48.